The van der Waals surface area contributed by atoms with Gasteiger partial charge in [0.2, 0.25) is 0 Å². The van der Waals surface area contributed by atoms with E-state index in [1.54, 1.807) is 18.9 Å². The third kappa shape index (κ3) is 3.39. The van der Waals surface area contributed by atoms with Crippen LogP contribution in [0.1, 0.15) is 5.56 Å². The molecule has 0 aliphatic carbocycles. The lowest BCUT2D eigenvalue weighted by Gasteiger charge is -2.09. The van der Waals surface area contributed by atoms with Crippen LogP contribution in [0, 0.1) is 0 Å². The number of methoxy groups -OCH3 is 1. The van der Waals surface area contributed by atoms with Crippen LogP contribution in [-0.4, -0.2) is 12.1 Å². The number of aromatic nitrogens is 1. The van der Waals surface area contributed by atoms with Gasteiger partial charge in [-0.25, -0.2) is 4.98 Å². The highest BCUT2D eigenvalue weighted by Gasteiger charge is 2.06. The summed E-state index contributed by atoms with van der Waals surface area (Å²) in [5.41, 5.74) is 2.19. The van der Waals surface area contributed by atoms with Gasteiger partial charge in [-0.3, -0.25) is 0 Å². The number of halogens is 1. The minimum Gasteiger partial charge on any atom is -0.496 e. The number of para-hydroxylation sites is 1. The summed E-state index contributed by atoms with van der Waals surface area (Å²) in [6.07, 6.45) is 0. The number of nitrogens with zero attached hydrogens (tertiary/aromatic N) is 1. The van der Waals surface area contributed by atoms with Crippen molar-refractivity contribution in [1.82, 2.24) is 4.98 Å². The van der Waals surface area contributed by atoms with Gasteiger partial charge in [0, 0.05) is 21.2 Å². The van der Waals surface area contributed by atoms with Crippen LogP contribution in [0.4, 0.5) is 0 Å². The van der Waals surface area contributed by atoms with Crippen molar-refractivity contribution in [2.75, 3.05) is 7.11 Å². The first kappa shape index (κ1) is 14.4. The second kappa shape index (κ2) is 6.50. The van der Waals surface area contributed by atoms with E-state index in [9.17, 15) is 0 Å². The number of hydrogen-bond acceptors (Lipinski definition) is 3. The number of fused-ring (bicyclic) bond motifs is 1. The summed E-state index contributed by atoms with van der Waals surface area (Å²) in [6.45, 7) is 0. The van der Waals surface area contributed by atoms with Crippen LogP contribution in [-0.2, 0) is 5.75 Å². The summed E-state index contributed by atoms with van der Waals surface area (Å²) in [5, 5.41) is 2.19. The molecule has 1 aromatic heterocycles. The van der Waals surface area contributed by atoms with Gasteiger partial charge < -0.3 is 4.74 Å². The van der Waals surface area contributed by atoms with Gasteiger partial charge in [0.25, 0.3) is 0 Å². The molecule has 4 heteroatoms. The van der Waals surface area contributed by atoms with Crippen LogP contribution < -0.4 is 4.74 Å². The van der Waals surface area contributed by atoms with Gasteiger partial charge in [-0.2, -0.15) is 0 Å². The lowest BCUT2D eigenvalue weighted by Crippen LogP contribution is -1.91. The number of rotatable bonds is 4. The number of benzene rings is 2. The quantitative estimate of drug-likeness (QED) is 0.590. The number of pyridine rings is 1. The second-order valence-corrected chi connectivity index (χ2v) is 6.50. The normalized spacial score (nSPS) is 10.8. The van der Waals surface area contributed by atoms with Crippen LogP contribution in [0.3, 0.4) is 0 Å². The average Bonchev–Trinajstić information content (AvgIpc) is 2.53. The maximum Gasteiger partial charge on any atom is 0.122 e. The van der Waals surface area contributed by atoms with Gasteiger partial charge in [-0.1, -0.05) is 40.2 Å². The van der Waals surface area contributed by atoms with E-state index in [0.717, 1.165) is 32.1 Å². The molecule has 0 aliphatic heterocycles. The van der Waals surface area contributed by atoms with Crippen LogP contribution >= 0.6 is 27.7 Å². The zero-order valence-corrected chi connectivity index (χ0v) is 13.9. The first-order valence-electron chi connectivity index (χ1n) is 6.57. The molecule has 0 saturated carbocycles. The van der Waals surface area contributed by atoms with Crippen LogP contribution in [0.2, 0.25) is 0 Å². The van der Waals surface area contributed by atoms with Gasteiger partial charge in [0.15, 0.2) is 0 Å². The minimum absolute atomic E-state index is 0.827. The van der Waals surface area contributed by atoms with Crippen molar-refractivity contribution in [2.45, 2.75) is 10.8 Å². The van der Waals surface area contributed by atoms with E-state index >= 15 is 0 Å². The lowest BCUT2D eigenvalue weighted by molar-refractivity contribution is 0.411. The Hall–Kier alpha value is -1.52. The van der Waals surface area contributed by atoms with Gasteiger partial charge >= 0.3 is 0 Å². The largest absolute Gasteiger partial charge is 0.496 e. The zero-order chi connectivity index (χ0) is 14.7. The predicted molar refractivity (Wildman–Crippen MR) is 92.0 cm³/mol. The van der Waals surface area contributed by atoms with Gasteiger partial charge in [0.05, 0.1) is 17.7 Å². The standard InChI is InChI=1S/C17H14BrNOS/c1-20-16-8-7-14(18)10-13(16)11-21-17-9-6-12-4-2-3-5-15(12)19-17/h2-10H,11H2,1H3. The van der Waals surface area contributed by atoms with E-state index < -0.39 is 0 Å². The van der Waals surface area contributed by atoms with Crippen LogP contribution in [0.25, 0.3) is 10.9 Å². The molecule has 21 heavy (non-hydrogen) atoms. The number of thioether (sulfide) groups is 1. The summed E-state index contributed by atoms with van der Waals surface area (Å²) in [5.74, 6) is 1.74. The molecule has 2 nitrogen and oxygen atoms in total. The second-order valence-electron chi connectivity index (χ2n) is 4.59. The summed E-state index contributed by atoms with van der Waals surface area (Å²) < 4.78 is 6.46. The summed E-state index contributed by atoms with van der Waals surface area (Å²) in [7, 11) is 1.70. The zero-order valence-electron chi connectivity index (χ0n) is 11.5. The first-order chi connectivity index (χ1) is 10.3. The fourth-order valence-electron chi connectivity index (χ4n) is 2.14. The van der Waals surface area contributed by atoms with Crippen LogP contribution in [0.15, 0.2) is 64.1 Å². The highest BCUT2D eigenvalue weighted by Crippen LogP contribution is 2.30. The third-order valence-corrected chi connectivity index (χ3v) is 4.66. The SMILES string of the molecule is COc1ccc(Br)cc1CSc1ccc2ccccc2n1. The molecule has 0 bridgehead atoms. The Morgan fingerprint density at radius 3 is 2.81 bits per heavy atom. The van der Waals surface area contributed by atoms with Crippen molar-refractivity contribution in [3.8, 4) is 5.75 Å². The van der Waals surface area contributed by atoms with Crippen molar-refractivity contribution in [3.05, 3.63) is 64.6 Å². The summed E-state index contributed by atoms with van der Waals surface area (Å²) in [6, 6.07) is 18.4. The molecule has 0 fully saturated rings. The summed E-state index contributed by atoms with van der Waals surface area (Å²) in [4.78, 5) is 4.68. The molecule has 2 aromatic carbocycles. The third-order valence-electron chi connectivity index (χ3n) is 3.19. The monoisotopic (exact) mass is 359 g/mol. The van der Waals surface area contributed by atoms with E-state index in [-0.39, 0.29) is 0 Å². The topological polar surface area (TPSA) is 22.1 Å². The Balaban J connectivity index is 1.81. The molecule has 0 amide bonds. The smallest absolute Gasteiger partial charge is 0.122 e. The first-order valence-corrected chi connectivity index (χ1v) is 8.35. The van der Waals surface area contributed by atoms with E-state index in [2.05, 4.69) is 45.2 Å². The van der Waals surface area contributed by atoms with Crippen molar-refractivity contribution >= 4 is 38.6 Å². The predicted octanol–water partition coefficient (Wildman–Crippen LogP) is 5.30. The molecule has 106 valence electrons. The number of ether oxygens (including phenoxy) is 1. The molecule has 0 radical (unpaired) electrons. The summed E-state index contributed by atoms with van der Waals surface area (Å²) >= 11 is 5.22. The van der Waals surface area contributed by atoms with E-state index in [1.165, 1.54) is 5.39 Å². The Morgan fingerprint density at radius 2 is 1.95 bits per heavy atom. The van der Waals surface area contributed by atoms with E-state index in [0.29, 0.717) is 0 Å². The lowest BCUT2D eigenvalue weighted by atomic mass is 10.2. The molecule has 1 heterocycles. The number of hydrogen-bond donors (Lipinski definition) is 0. The van der Waals surface area contributed by atoms with Crippen molar-refractivity contribution in [2.24, 2.45) is 0 Å². The molecule has 3 aromatic rings. The van der Waals surface area contributed by atoms with E-state index in [1.807, 2.05) is 30.3 Å². The Bertz CT molecular complexity index is 776. The van der Waals surface area contributed by atoms with Gasteiger partial charge in [0.1, 0.15) is 5.75 Å². The van der Waals surface area contributed by atoms with Crippen LogP contribution in [0.5, 0.6) is 5.75 Å². The minimum atomic E-state index is 0.827. The highest BCUT2D eigenvalue weighted by atomic mass is 79.9. The molecule has 0 spiro atoms. The van der Waals surface area contributed by atoms with E-state index in [4.69, 9.17) is 4.74 Å². The van der Waals surface area contributed by atoms with Crippen molar-refractivity contribution in [1.29, 1.82) is 0 Å². The molecule has 3 rings (SSSR count). The Morgan fingerprint density at radius 1 is 1.10 bits per heavy atom. The van der Waals surface area contributed by atoms with Crippen molar-refractivity contribution < 1.29 is 4.74 Å². The molecule has 0 unspecified atom stereocenters. The molecule has 0 N–H and O–H groups in total. The average molecular weight is 360 g/mol. The highest BCUT2D eigenvalue weighted by molar-refractivity contribution is 9.10. The molecular weight excluding hydrogens is 346 g/mol. The Kier molecular flexibility index (Phi) is 4.46. The van der Waals surface area contributed by atoms with Crippen molar-refractivity contribution in [3.63, 3.8) is 0 Å². The molecule has 0 saturated heterocycles. The maximum atomic E-state index is 5.40. The van der Waals surface area contributed by atoms with Gasteiger partial charge in [-0.15, -0.1) is 11.8 Å². The van der Waals surface area contributed by atoms with Gasteiger partial charge in [-0.05, 0) is 30.3 Å². The fraction of sp³-hybridized carbons (Fsp3) is 0.118. The molecule has 0 atom stereocenters. The maximum absolute atomic E-state index is 5.40. The Labute approximate surface area is 136 Å². The fourth-order valence-corrected chi connectivity index (χ4v) is 3.40. The molecule has 0 aliphatic rings. The molecular formula is C17H14BrNOS.